The van der Waals surface area contributed by atoms with Gasteiger partial charge in [-0.2, -0.15) is 0 Å². The van der Waals surface area contributed by atoms with Gasteiger partial charge in [-0.25, -0.2) is 5.43 Å². The Morgan fingerprint density at radius 3 is 2.80 bits per heavy atom. The smallest absolute Gasteiger partial charge is 0.0753 e. The predicted octanol–water partition coefficient (Wildman–Crippen LogP) is 1.65. The van der Waals surface area contributed by atoms with Crippen LogP contribution >= 0.6 is 0 Å². The van der Waals surface area contributed by atoms with Crippen molar-refractivity contribution in [1.82, 2.24) is 16.1 Å². The molecule has 2 atom stereocenters. The lowest BCUT2D eigenvalue weighted by Gasteiger charge is -2.20. The number of nitrogens with one attached hydrogen (secondary N) is 4. The summed E-state index contributed by atoms with van der Waals surface area (Å²) in [6.45, 7) is 4.34. The maximum Gasteiger partial charge on any atom is 0.0753 e. The van der Waals surface area contributed by atoms with Crippen molar-refractivity contribution in [2.24, 2.45) is 0 Å². The van der Waals surface area contributed by atoms with Gasteiger partial charge in [0, 0.05) is 13.1 Å². The summed E-state index contributed by atoms with van der Waals surface area (Å²) in [6, 6.07) is 7.08. The number of rotatable bonds is 2. The highest BCUT2D eigenvalue weighted by molar-refractivity contribution is 5.64. The average Bonchev–Trinajstić information content (AvgIpc) is 3.17. The van der Waals surface area contributed by atoms with E-state index in [9.17, 15) is 0 Å². The minimum atomic E-state index is 0.326. The Bertz CT molecular complexity index is 531. The van der Waals surface area contributed by atoms with Gasteiger partial charge in [0.05, 0.1) is 11.7 Å². The molecule has 4 nitrogen and oxygen atoms in total. The molecule has 0 bridgehead atoms. The first kappa shape index (κ1) is 12.4. The Balaban J connectivity index is 1.68. The van der Waals surface area contributed by atoms with Gasteiger partial charge in [-0.3, -0.25) is 0 Å². The van der Waals surface area contributed by atoms with E-state index < -0.39 is 0 Å². The maximum atomic E-state index is 3.48. The molecule has 0 saturated carbocycles. The highest BCUT2D eigenvalue weighted by Gasteiger charge is 2.30. The van der Waals surface area contributed by atoms with E-state index in [1.54, 1.807) is 0 Å². The first-order valence-electron chi connectivity index (χ1n) is 7.68. The third-order valence-corrected chi connectivity index (χ3v) is 4.71. The molecule has 3 heterocycles. The van der Waals surface area contributed by atoms with Crippen molar-refractivity contribution in [2.45, 2.75) is 24.8 Å². The molecule has 106 valence electrons. The molecule has 0 spiro atoms. The topological polar surface area (TPSA) is 48.1 Å². The molecule has 1 saturated heterocycles. The number of benzene rings is 1. The molecule has 4 rings (SSSR count). The summed E-state index contributed by atoms with van der Waals surface area (Å²) in [5.41, 5.74) is 12.6. The van der Waals surface area contributed by atoms with E-state index in [0.29, 0.717) is 12.0 Å². The van der Waals surface area contributed by atoms with Crippen LogP contribution in [0, 0.1) is 0 Å². The molecular formula is C16H22N4. The van der Waals surface area contributed by atoms with Crippen LogP contribution in [0.15, 0.2) is 29.8 Å². The van der Waals surface area contributed by atoms with Gasteiger partial charge in [0.25, 0.3) is 0 Å². The third-order valence-electron chi connectivity index (χ3n) is 4.71. The first-order chi connectivity index (χ1) is 9.93. The second-order valence-corrected chi connectivity index (χ2v) is 5.95. The molecule has 1 fully saturated rings. The van der Waals surface area contributed by atoms with Crippen LogP contribution in [0.5, 0.6) is 0 Å². The minimum Gasteiger partial charge on any atom is -0.320 e. The number of para-hydroxylation sites is 1. The Kier molecular flexibility index (Phi) is 3.22. The monoisotopic (exact) mass is 270 g/mol. The SMILES string of the molecule is C1=C(C2NNc3c2cccc3[C@@H]2CCNC2)CNCC1. The summed E-state index contributed by atoms with van der Waals surface area (Å²) in [4.78, 5) is 0. The Morgan fingerprint density at radius 2 is 2.00 bits per heavy atom. The molecule has 0 amide bonds. The molecule has 0 aliphatic carbocycles. The lowest BCUT2D eigenvalue weighted by Crippen LogP contribution is -2.30. The second kappa shape index (κ2) is 5.20. The van der Waals surface area contributed by atoms with Crippen LogP contribution in [0.2, 0.25) is 0 Å². The Labute approximate surface area is 120 Å². The summed E-state index contributed by atoms with van der Waals surface area (Å²) in [5.74, 6) is 0.650. The van der Waals surface area contributed by atoms with E-state index in [0.717, 1.165) is 32.6 Å². The number of hydrogen-bond acceptors (Lipinski definition) is 4. The fraction of sp³-hybridized carbons (Fsp3) is 0.500. The maximum absolute atomic E-state index is 3.48. The molecule has 0 aromatic heterocycles. The van der Waals surface area contributed by atoms with E-state index >= 15 is 0 Å². The van der Waals surface area contributed by atoms with E-state index in [-0.39, 0.29) is 0 Å². The first-order valence-corrected chi connectivity index (χ1v) is 7.68. The van der Waals surface area contributed by atoms with E-state index in [2.05, 4.69) is 45.8 Å². The van der Waals surface area contributed by atoms with Gasteiger partial charge < -0.3 is 16.1 Å². The van der Waals surface area contributed by atoms with Crippen molar-refractivity contribution in [3.8, 4) is 0 Å². The summed E-state index contributed by atoms with van der Waals surface area (Å²) < 4.78 is 0. The number of hydrazine groups is 1. The highest BCUT2D eigenvalue weighted by atomic mass is 15.4. The normalized spacial score (nSPS) is 28.9. The molecule has 4 heteroatoms. The quantitative estimate of drug-likeness (QED) is 0.617. The van der Waals surface area contributed by atoms with Gasteiger partial charge >= 0.3 is 0 Å². The van der Waals surface area contributed by atoms with Crippen LogP contribution < -0.4 is 21.5 Å². The molecule has 3 aliphatic heterocycles. The molecule has 1 aromatic rings. The van der Waals surface area contributed by atoms with E-state index in [4.69, 9.17) is 0 Å². The lowest BCUT2D eigenvalue weighted by molar-refractivity contribution is 0.616. The lowest BCUT2D eigenvalue weighted by atomic mass is 9.90. The minimum absolute atomic E-state index is 0.326. The highest BCUT2D eigenvalue weighted by Crippen LogP contribution is 2.39. The van der Waals surface area contributed by atoms with Crippen molar-refractivity contribution in [1.29, 1.82) is 0 Å². The molecule has 3 aliphatic rings. The van der Waals surface area contributed by atoms with Gasteiger partial charge in [0.15, 0.2) is 0 Å². The van der Waals surface area contributed by atoms with Crippen LogP contribution in [0.1, 0.15) is 35.9 Å². The van der Waals surface area contributed by atoms with Crippen LogP contribution in [-0.2, 0) is 0 Å². The van der Waals surface area contributed by atoms with E-state index in [1.807, 2.05) is 0 Å². The number of hydrogen-bond donors (Lipinski definition) is 4. The third kappa shape index (κ3) is 2.04. The van der Waals surface area contributed by atoms with Gasteiger partial charge in [-0.1, -0.05) is 24.3 Å². The van der Waals surface area contributed by atoms with Gasteiger partial charge in [0.2, 0.25) is 0 Å². The van der Waals surface area contributed by atoms with Gasteiger partial charge in [-0.15, -0.1) is 0 Å². The molecule has 0 radical (unpaired) electrons. The molecule has 20 heavy (non-hydrogen) atoms. The van der Waals surface area contributed by atoms with Crippen molar-refractivity contribution in [2.75, 3.05) is 31.6 Å². The van der Waals surface area contributed by atoms with Crippen molar-refractivity contribution in [3.63, 3.8) is 0 Å². The zero-order valence-corrected chi connectivity index (χ0v) is 11.7. The molecule has 1 unspecified atom stereocenters. The van der Waals surface area contributed by atoms with Crippen LogP contribution in [0.4, 0.5) is 5.69 Å². The number of fused-ring (bicyclic) bond motifs is 1. The second-order valence-electron chi connectivity index (χ2n) is 5.95. The summed E-state index contributed by atoms with van der Waals surface area (Å²) in [5, 5.41) is 6.93. The molecular weight excluding hydrogens is 248 g/mol. The van der Waals surface area contributed by atoms with E-state index in [1.165, 1.54) is 28.8 Å². The van der Waals surface area contributed by atoms with Crippen LogP contribution in [-0.4, -0.2) is 26.2 Å². The number of anilines is 1. The Hall–Kier alpha value is -1.36. The summed E-state index contributed by atoms with van der Waals surface area (Å²) >= 11 is 0. The fourth-order valence-electron chi connectivity index (χ4n) is 3.63. The van der Waals surface area contributed by atoms with Crippen molar-refractivity contribution >= 4 is 5.69 Å². The molecule has 4 N–H and O–H groups in total. The summed E-state index contributed by atoms with van der Waals surface area (Å²) in [6.07, 6.45) is 4.76. The largest absolute Gasteiger partial charge is 0.320 e. The summed E-state index contributed by atoms with van der Waals surface area (Å²) in [7, 11) is 0. The van der Waals surface area contributed by atoms with Crippen molar-refractivity contribution < 1.29 is 0 Å². The average molecular weight is 270 g/mol. The van der Waals surface area contributed by atoms with Crippen LogP contribution in [0.25, 0.3) is 0 Å². The van der Waals surface area contributed by atoms with Crippen molar-refractivity contribution in [3.05, 3.63) is 41.0 Å². The van der Waals surface area contributed by atoms with Crippen LogP contribution in [0.3, 0.4) is 0 Å². The Morgan fingerprint density at radius 1 is 1.05 bits per heavy atom. The molecule has 1 aromatic carbocycles. The zero-order valence-electron chi connectivity index (χ0n) is 11.7. The predicted molar refractivity (Wildman–Crippen MR) is 81.7 cm³/mol. The van der Waals surface area contributed by atoms with Gasteiger partial charge in [0.1, 0.15) is 0 Å². The van der Waals surface area contributed by atoms with Gasteiger partial charge in [-0.05, 0) is 48.5 Å². The fourth-order valence-corrected chi connectivity index (χ4v) is 3.63. The standard InChI is InChI=1S/C16H22N4/c1-4-13(11-6-8-18-9-11)16-14(5-1)15(19-20-16)12-3-2-7-17-10-12/h1,3-5,11,15,17-20H,2,6-10H2/t11-,15?/m1/s1. The zero-order chi connectivity index (χ0) is 13.4.